The molecule has 2 atom stereocenters. The van der Waals surface area contributed by atoms with Gasteiger partial charge < -0.3 is 9.84 Å². The van der Waals surface area contributed by atoms with Crippen LogP contribution in [0.1, 0.15) is 18.4 Å². The lowest BCUT2D eigenvalue weighted by molar-refractivity contribution is -0.0755. The summed E-state index contributed by atoms with van der Waals surface area (Å²) in [7, 11) is 0. The SMILES string of the molecule is OCC12CCCOC1CN(Cc1ccccc1)C2. The van der Waals surface area contributed by atoms with Crippen molar-refractivity contribution in [1.82, 2.24) is 4.90 Å². The van der Waals surface area contributed by atoms with Crippen LogP contribution in [0.15, 0.2) is 30.3 Å². The fourth-order valence-corrected chi connectivity index (χ4v) is 3.35. The maximum absolute atomic E-state index is 9.73. The Labute approximate surface area is 108 Å². The standard InChI is InChI=1S/C15H21NO2/c17-12-15-7-4-8-18-14(15)10-16(11-15)9-13-5-2-1-3-6-13/h1-3,5-6,14,17H,4,7-12H2. The first-order valence-electron chi connectivity index (χ1n) is 6.81. The highest BCUT2D eigenvalue weighted by Gasteiger charge is 2.48. The molecule has 1 aromatic carbocycles. The van der Waals surface area contributed by atoms with Crippen molar-refractivity contribution < 1.29 is 9.84 Å². The van der Waals surface area contributed by atoms with Gasteiger partial charge in [0.05, 0.1) is 12.7 Å². The molecule has 2 saturated heterocycles. The summed E-state index contributed by atoms with van der Waals surface area (Å²) < 4.78 is 5.86. The van der Waals surface area contributed by atoms with Crippen LogP contribution >= 0.6 is 0 Å². The van der Waals surface area contributed by atoms with Crippen molar-refractivity contribution in [3.63, 3.8) is 0 Å². The van der Waals surface area contributed by atoms with Gasteiger partial charge in [0, 0.05) is 31.7 Å². The van der Waals surface area contributed by atoms with Crippen LogP contribution in [0.2, 0.25) is 0 Å². The van der Waals surface area contributed by atoms with Crippen molar-refractivity contribution in [2.45, 2.75) is 25.5 Å². The lowest BCUT2D eigenvalue weighted by atomic mass is 9.79. The molecule has 0 saturated carbocycles. The van der Waals surface area contributed by atoms with Gasteiger partial charge in [0.1, 0.15) is 0 Å². The molecule has 2 aliphatic heterocycles. The zero-order valence-corrected chi connectivity index (χ0v) is 10.7. The van der Waals surface area contributed by atoms with Crippen LogP contribution in [-0.2, 0) is 11.3 Å². The predicted molar refractivity (Wildman–Crippen MR) is 70.2 cm³/mol. The Hall–Kier alpha value is -0.900. The molecule has 0 radical (unpaired) electrons. The van der Waals surface area contributed by atoms with E-state index in [2.05, 4.69) is 29.2 Å². The Kier molecular flexibility index (Phi) is 3.37. The Bertz CT molecular complexity index is 395. The van der Waals surface area contributed by atoms with Crippen LogP contribution in [0.25, 0.3) is 0 Å². The molecule has 1 N–H and O–H groups in total. The van der Waals surface area contributed by atoms with Gasteiger partial charge in [0.25, 0.3) is 0 Å². The Morgan fingerprint density at radius 1 is 1.33 bits per heavy atom. The van der Waals surface area contributed by atoms with E-state index < -0.39 is 0 Å². The summed E-state index contributed by atoms with van der Waals surface area (Å²) in [6.45, 7) is 3.98. The molecule has 0 amide bonds. The zero-order valence-electron chi connectivity index (χ0n) is 10.7. The molecule has 2 aliphatic rings. The summed E-state index contributed by atoms with van der Waals surface area (Å²) in [5.41, 5.74) is 1.33. The quantitative estimate of drug-likeness (QED) is 0.881. The highest BCUT2D eigenvalue weighted by molar-refractivity contribution is 5.15. The summed E-state index contributed by atoms with van der Waals surface area (Å²) in [6, 6.07) is 10.5. The second-order valence-corrected chi connectivity index (χ2v) is 5.64. The van der Waals surface area contributed by atoms with Gasteiger partial charge in [-0.25, -0.2) is 0 Å². The van der Waals surface area contributed by atoms with Crippen LogP contribution in [0.3, 0.4) is 0 Å². The van der Waals surface area contributed by atoms with Crippen LogP contribution in [0.5, 0.6) is 0 Å². The van der Waals surface area contributed by atoms with Crippen LogP contribution in [0.4, 0.5) is 0 Å². The number of ether oxygens (including phenoxy) is 1. The van der Waals surface area contributed by atoms with Gasteiger partial charge >= 0.3 is 0 Å². The number of rotatable bonds is 3. The lowest BCUT2D eigenvalue weighted by Gasteiger charge is -2.36. The van der Waals surface area contributed by atoms with Crippen molar-refractivity contribution >= 4 is 0 Å². The number of aliphatic hydroxyl groups excluding tert-OH is 1. The first-order valence-corrected chi connectivity index (χ1v) is 6.81. The fourth-order valence-electron chi connectivity index (χ4n) is 3.35. The van der Waals surface area contributed by atoms with Gasteiger partial charge in [-0.2, -0.15) is 0 Å². The largest absolute Gasteiger partial charge is 0.396 e. The number of fused-ring (bicyclic) bond motifs is 1. The van der Waals surface area contributed by atoms with E-state index in [1.807, 2.05) is 6.07 Å². The van der Waals surface area contributed by atoms with Crippen molar-refractivity contribution in [1.29, 1.82) is 0 Å². The highest BCUT2D eigenvalue weighted by atomic mass is 16.5. The van der Waals surface area contributed by atoms with Gasteiger partial charge in [-0.3, -0.25) is 4.90 Å². The van der Waals surface area contributed by atoms with Crippen LogP contribution < -0.4 is 0 Å². The number of benzene rings is 1. The van der Waals surface area contributed by atoms with Crippen molar-refractivity contribution in [3.05, 3.63) is 35.9 Å². The topological polar surface area (TPSA) is 32.7 Å². The van der Waals surface area contributed by atoms with Crippen LogP contribution in [-0.4, -0.2) is 42.4 Å². The molecule has 2 unspecified atom stereocenters. The molecule has 2 heterocycles. The van der Waals surface area contributed by atoms with Gasteiger partial charge in [-0.15, -0.1) is 0 Å². The Morgan fingerprint density at radius 2 is 2.17 bits per heavy atom. The molecule has 1 aromatic rings. The van der Waals surface area contributed by atoms with E-state index in [-0.39, 0.29) is 18.1 Å². The highest BCUT2D eigenvalue weighted by Crippen LogP contribution is 2.40. The Balaban J connectivity index is 1.70. The minimum atomic E-state index is -0.00691. The van der Waals surface area contributed by atoms with E-state index in [1.54, 1.807) is 0 Å². The second kappa shape index (κ2) is 5.00. The van der Waals surface area contributed by atoms with Crippen molar-refractivity contribution in [2.24, 2.45) is 5.41 Å². The summed E-state index contributed by atoms with van der Waals surface area (Å²) in [4.78, 5) is 2.42. The van der Waals surface area contributed by atoms with Crippen molar-refractivity contribution in [3.8, 4) is 0 Å². The molecule has 3 heteroatoms. The minimum absolute atomic E-state index is 0.00691. The fraction of sp³-hybridized carbons (Fsp3) is 0.600. The van der Waals surface area contributed by atoms with E-state index in [4.69, 9.17) is 4.74 Å². The third-order valence-corrected chi connectivity index (χ3v) is 4.35. The van der Waals surface area contributed by atoms with E-state index in [1.165, 1.54) is 5.56 Å². The normalized spacial score (nSPS) is 32.4. The molecular formula is C15H21NO2. The number of hydrogen-bond acceptors (Lipinski definition) is 3. The summed E-state index contributed by atoms with van der Waals surface area (Å²) in [5.74, 6) is 0. The second-order valence-electron chi connectivity index (χ2n) is 5.64. The number of nitrogens with zero attached hydrogens (tertiary/aromatic N) is 1. The lowest BCUT2D eigenvalue weighted by Crippen LogP contribution is -2.43. The maximum Gasteiger partial charge on any atom is 0.0792 e. The zero-order chi connectivity index (χ0) is 12.4. The smallest absolute Gasteiger partial charge is 0.0792 e. The number of hydrogen-bond donors (Lipinski definition) is 1. The van der Waals surface area contributed by atoms with Crippen molar-refractivity contribution in [2.75, 3.05) is 26.3 Å². The average Bonchev–Trinajstić information content (AvgIpc) is 2.78. The third kappa shape index (κ3) is 2.18. The molecule has 98 valence electrons. The molecule has 0 bridgehead atoms. The molecule has 3 nitrogen and oxygen atoms in total. The first-order chi connectivity index (χ1) is 8.82. The maximum atomic E-state index is 9.73. The molecule has 18 heavy (non-hydrogen) atoms. The Morgan fingerprint density at radius 3 is 2.89 bits per heavy atom. The number of likely N-dealkylation sites (tertiary alicyclic amines) is 1. The van der Waals surface area contributed by atoms with Crippen LogP contribution in [0, 0.1) is 5.41 Å². The molecular weight excluding hydrogens is 226 g/mol. The average molecular weight is 247 g/mol. The van der Waals surface area contributed by atoms with E-state index in [9.17, 15) is 5.11 Å². The molecule has 3 rings (SSSR count). The summed E-state index contributed by atoms with van der Waals surface area (Å²) in [6.07, 6.45) is 2.40. The van der Waals surface area contributed by atoms with Gasteiger partial charge in [-0.1, -0.05) is 30.3 Å². The summed E-state index contributed by atoms with van der Waals surface area (Å²) in [5, 5.41) is 9.73. The van der Waals surface area contributed by atoms with Gasteiger partial charge in [0.2, 0.25) is 0 Å². The van der Waals surface area contributed by atoms with E-state index in [0.717, 1.165) is 39.1 Å². The van der Waals surface area contributed by atoms with Gasteiger partial charge in [-0.05, 0) is 18.4 Å². The molecule has 0 aromatic heterocycles. The minimum Gasteiger partial charge on any atom is -0.396 e. The monoisotopic (exact) mass is 247 g/mol. The predicted octanol–water partition coefficient (Wildman–Crippen LogP) is 1.66. The van der Waals surface area contributed by atoms with Gasteiger partial charge in [0.15, 0.2) is 0 Å². The first kappa shape index (κ1) is 12.2. The number of aliphatic hydroxyl groups is 1. The van der Waals surface area contributed by atoms with E-state index >= 15 is 0 Å². The molecule has 0 aliphatic carbocycles. The van der Waals surface area contributed by atoms with E-state index in [0.29, 0.717) is 0 Å². The molecule has 0 spiro atoms. The summed E-state index contributed by atoms with van der Waals surface area (Å²) >= 11 is 0. The third-order valence-electron chi connectivity index (χ3n) is 4.35. The molecule has 2 fully saturated rings.